The number of nitrogens with one attached hydrogen (secondary N) is 11. The van der Waals surface area contributed by atoms with Gasteiger partial charge in [-0.2, -0.15) is 26.3 Å². The number of phenolic OH excluding ortho intramolecular Hbond substituents is 1. The number of carboxylic acid groups (broad SMARTS) is 2. The molecule has 6 rings (SSSR count). The molecule has 1 fully saturated rings. The molecular weight excluding hydrogens is 1500 g/mol. The van der Waals surface area contributed by atoms with Gasteiger partial charge >= 0.3 is 24.3 Å². The lowest BCUT2D eigenvalue weighted by Crippen LogP contribution is -2.61. The smallest absolute Gasteiger partial charge is 0.490 e. The zero-order valence-corrected chi connectivity index (χ0v) is 60.5. The molecule has 1 saturated heterocycles. The number of hydrogen-bond donors (Lipinski definition) is 19. The van der Waals surface area contributed by atoms with E-state index in [1.165, 1.54) is 60.5 Å². The number of carbonyl (C=O) groups excluding carboxylic acids is 12. The molecule has 41 heteroatoms. The number of nitrogens with two attached hydrogens (primary N) is 5. The van der Waals surface area contributed by atoms with Crippen LogP contribution in [0.15, 0.2) is 133 Å². The van der Waals surface area contributed by atoms with Gasteiger partial charge in [-0.05, 0) is 98.0 Å². The fourth-order valence-electron chi connectivity index (χ4n) is 10.8. The predicted octanol–water partition coefficient (Wildman–Crippen LogP) is -0.223. The first kappa shape index (κ1) is 92.0. The fraction of sp³-hybridized carbons (Fsp3) is 0.361. The van der Waals surface area contributed by atoms with Gasteiger partial charge in [-0.1, -0.05) is 97.1 Å². The number of aliphatic carboxylic acids is 2. The summed E-state index contributed by atoms with van der Waals surface area (Å²) < 4.78 is 68.8. The first-order valence-electron chi connectivity index (χ1n) is 34.4. The van der Waals surface area contributed by atoms with E-state index in [4.69, 9.17) is 64.0 Å². The largest absolute Gasteiger partial charge is 0.508 e. The number of ketones is 1. The lowest BCUT2D eigenvalue weighted by atomic mass is 10.0. The third-order valence-corrected chi connectivity index (χ3v) is 16.5. The van der Waals surface area contributed by atoms with E-state index in [1.54, 1.807) is 84.9 Å². The molecule has 8 atom stereocenters. The summed E-state index contributed by atoms with van der Waals surface area (Å²) in [4.78, 5) is 186. The first-order valence-corrected chi connectivity index (χ1v) is 34.4. The van der Waals surface area contributed by atoms with Crippen LogP contribution in [0.1, 0.15) is 101 Å². The zero-order chi connectivity index (χ0) is 84.3. The molecule has 0 unspecified atom stereocenters. The number of phenols is 1. The van der Waals surface area contributed by atoms with Crippen molar-refractivity contribution in [1.82, 2.24) is 52.8 Å². The Morgan fingerprint density at radius 1 is 0.487 bits per heavy atom. The molecule has 610 valence electrons. The Labute approximate surface area is 641 Å². The van der Waals surface area contributed by atoms with Crippen LogP contribution in [0.25, 0.3) is 0 Å². The molecule has 0 spiro atoms. The summed E-state index contributed by atoms with van der Waals surface area (Å²) in [7, 11) is 1.47. The van der Waals surface area contributed by atoms with Crippen LogP contribution in [0, 0.1) is 10.8 Å². The number of benzene rings is 5. The van der Waals surface area contributed by atoms with E-state index >= 15 is 0 Å². The van der Waals surface area contributed by atoms with Crippen LogP contribution in [0.4, 0.5) is 26.3 Å². The van der Waals surface area contributed by atoms with Crippen molar-refractivity contribution in [1.29, 1.82) is 10.8 Å². The Kier molecular flexibility index (Phi) is 36.6. The van der Waals surface area contributed by atoms with Crippen LogP contribution in [0.3, 0.4) is 0 Å². The van der Waals surface area contributed by atoms with E-state index in [1.807, 2.05) is 0 Å². The van der Waals surface area contributed by atoms with Gasteiger partial charge in [-0.15, -0.1) is 0 Å². The molecule has 35 nitrogen and oxygen atoms in total. The number of halogens is 6. The number of carbonyl (C=O) groups is 14. The van der Waals surface area contributed by atoms with Gasteiger partial charge in [-0.3, -0.25) is 68.4 Å². The quantitative estimate of drug-likeness (QED) is 0.00798. The van der Waals surface area contributed by atoms with E-state index in [9.17, 15) is 89.0 Å². The van der Waals surface area contributed by atoms with E-state index in [-0.39, 0.29) is 100 Å². The fourth-order valence-corrected chi connectivity index (χ4v) is 10.8. The summed E-state index contributed by atoms with van der Waals surface area (Å²) in [6, 6.07) is 23.2. The van der Waals surface area contributed by atoms with Gasteiger partial charge in [0.1, 0.15) is 59.8 Å². The van der Waals surface area contributed by atoms with Crippen molar-refractivity contribution >= 4 is 94.6 Å². The summed E-state index contributed by atoms with van der Waals surface area (Å²) in [5.74, 6) is -16.4. The third-order valence-electron chi connectivity index (χ3n) is 16.5. The highest BCUT2D eigenvalue weighted by atomic mass is 19.4. The molecule has 5 aromatic rings. The molecule has 1 aliphatic heterocycles. The highest BCUT2D eigenvalue weighted by Gasteiger charge is 2.42. The van der Waals surface area contributed by atoms with E-state index < -0.39 is 163 Å². The molecule has 0 bridgehead atoms. The molecule has 1 aliphatic rings. The van der Waals surface area contributed by atoms with Crippen molar-refractivity contribution in [2.24, 2.45) is 28.7 Å². The molecule has 11 amide bonds. The molecule has 0 aromatic heterocycles. The summed E-state index contributed by atoms with van der Waals surface area (Å²) in [6.07, 6.45) is -12.2. The van der Waals surface area contributed by atoms with E-state index in [0.29, 0.717) is 33.6 Å². The number of alkyl halides is 6. The average Bonchev–Trinajstić information content (AvgIpc) is 1.73. The number of ether oxygens (including phenoxy) is 1. The highest BCUT2D eigenvalue weighted by molar-refractivity contribution is 6.09. The van der Waals surface area contributed by atoms with Gasteiger partial charge in [0.2, 0.25) is 59.1 Å². The second-order valence-corrected chi connectivity index (χ2v) is 25.1. The van der Waals surface area contributed by atoms with Gasteiger partial charge in [0.25, 0.3) is 5.91 Å². The Morgan fingerprint density at radius 2 is 0.885 bits per heavy atom. The predicted molar refractivity (Wildman–Crippen MR) is 390 cm³/mol. The maximum atomic E-state index is 14.8. The Morgan fingerprint density at radius 3 is 1.36 bits per heavy atom. The van der Waals surface area contributed by atoms with Crippen molar-refractivity contribution < 1.29 is 114 Å². The zero-order valence-electron chi connectivity index (χ0n) is 60.5. The molecule has 0 aliphatic carbocycles. The van der Waals surface area contributed by atoms with Crippen LogP contribution >= 0.6 is 0 Å². The lowest BCUT2D eigenvalue weighted by Gasteiger charge is -2.31. The molecule has 5 aromatic carbocycles. The second-order valence-electron chi connectivity index (χ2n) is 25.1. The van der Waals surface area contributed by atoms with Crippen molar-refractivity contribution in [3.8, 4) is 11.5 Å². The van der Waals surface area contributed by atoms with E-state index in [2.05, 4.69) is 47.9 Å². The molecule has 1 heterocycles. The minimum absolute atomic E-state index is 0.00788. The first-order chi connectivity index (χ1) is 53.2. The normalized spacial score (nSPS) is 14.1. The van der Waals surface area contributed by atoms with Gasteiger partial charge in [0.05, 0.1) is 13.5 Å². The van der Waals surface area contributed by atoms with Crippen molar-refractivity contribution in [3.63, 3.8) is 0 Å². The number of amides is 11. The second kappa shape index (κ2) is 44.9. The Bertz CT molecular complexity index is 4130. The SMILES string of the molecule is COc1ccc(C[C@@H](NC(=O)c2ccc(C(=O)c3ccccc3)cc2)C(=O)N[C@@H](Cc2ccccc2)C(=O)N[C@@H](CCC(N)=O)C(=O)N[C@@H](CC(N)=O)C(=O)N[C@@H](CCCNC(=N)N)C(=O)N2CCC[C@H]2C(=O)N[C@@H](CCCNC(=N)N)C(=O)N[C@@H](Cc2ccc(O)cc2)C(N)=O)cc1.O=C(O)C(F)(F)F.O=C(O)C(F)(F)F. The van der Waals surface area contributed by atoms with Crippen molar-refractivity contribution in [3.05, 3.63) is 167 Å². The monoisotopic (exact) mass is 1590 g/mol. The standard InChI is InChI=1S/C68H85N17O14.2C2HF3O2/c1-99-46-28-20-41(21-29-46)37-51(82-59(91)44-24-22-43(23-25-44)57(89)42-13-6-3-7-14-42)63(95)83-52(36-39-11-4-2-5-12-39)62(94)78-48(30-31-55(69)87)61(93)84-53(38-56(70)88)64(96)80-49(16-9-33-77-68(74)75)66(98)85-34-10-17-54(85)65(97)79-47(15-8-32-76-67(72)73)60(92)81-50(58(71)90)35-40-18-26-45(86)27-19-40;2*3-2(4,5)1(6)7/h2-7,11-14,18-29,47-54,86H,8-10,15-17,30-38H2,1H3,(H2,69,87)(H2,70,88)(H2,71,90)(H,78,94)(H,79,97)(H,80,96)(H,81,92)(H,82,91)(H,83,95)(H,84,93)(H4,72,73,76)(H4,74,75,77);2*(H,6,7)/t47-,48-,49-,50-,51+,52-,53-,54-;;/m0../s1. The number of primary amides is 3. The molecule has 0 saturated carbocycles. The topological polar surface area (TPSA) is 598 Å². The number of rotatable bonds is 38. The van der Waals surface area contributed by atoms with Crippen LogP contribution in [-0.2, 0) is 76.8 Å². The lowest BCUT2D eigenvalue weighted by molar-refractivity contribution is -0.193. The van der Waals surface area contributed by atoms with Crippen molar-refractivity contribution in [2.45, 2.75) is 138 Å². The Hall–Kier alpha value is -13.4. The number of carboxylic acids is 2. The number of likely N-dealkylation sites (tertiary alicyclic amines) is 1. The summed E-state index contributed by atoms with van der Waals surface area (Å²) >= 11 is 0. The van der Waals surface area contributed by atoms with Gasteiger partial charge < -0.3 is 101 Å². The summed E-state index contributed by atoms with van der Waals surface area (Å²) in [6.45, 7) is 0.0713. The number of methoxy groups -OCH3 is 1. The number of aromatic hydroxyl groups is 1. The van der Waals surface area contributed by atoms with Crippen molar-refractivity contribution in [2.75, 3.05) is 26.7 Å². The van der Waals surface area contributed by atoms with Gasteiger partial charge in [0, 0.05) is 62.0 Å². The van der Waals surface area contributed by atoms with E-state index in [0.717, 1.165) is 0 Å². The van der Waals surface area contributed by atoms with Crippen LogP contribution < -0.4 is 81.3 Å². The van der Waals surface area contributed by atoms with Gasteiger partial charge in [0.15, 0.2) is 17.7 Å². The third kappa shape index (κ3) is 32.8. The van der Waals surface area contributed by atoms with Gasteiger partial charge in [-0.25, -0.2) is 9.59 Å². The maximum Gasteiger partial charge on any atom is 0.490 e. The number of nitrogens with zero attached hydrogens (tertiary/aromatic N) is 1. The van der Waals surface area contributed by atoms with Crippen LogP contribution in [0.5, 0.6) is 11.5 Å². The molecule has 113 heavy (non-hydrogen) atoms. The van der Waals surface area contributed by atoms with Crippen LogP contribution in [-0.4, -0.2) is 202 Å². The molecular formula is C72H87F6N17O18. The van der Waals surface area contributed by atoms with Crippen LogP contribution in [0.2, 0.25) is 0 Å². The maximum absolute atomic E-state index is 14.8. The number of guanidine groups is 2. The highest BCUT2D eigenvalue weighted by Crippen LogP contribution is 2.23. The Balaban J connectivity index is 0.00000175. The molecule has 0 radical (unpaired) electrons. The minimum atomic E-state index is -5.08. The molecule has 24 N–H and O–H groups in total. The summed E-state index contributed by atoms with van der Waals surface area (Å²) in [5, 5.41) is 62.7. The minimum Gasteiger partial charge on any atom is -0.508 e. The summed E-state index contributed by atoms with van der Waals surface area (Å²) in [5.41, 5.74) is 30.3. The average molecular weight is 1590 g/mol. The number of hydrogen-bond acceptors (Lipinski definition) is 18.